The van der Waals surface area contributed by atoms with Crippen LogP contribution in [0.5, 0.6) is 0 Å². The lowest BCUT2D eigenvalue weighted by Crippen LogP contribution is -2.47. The van der Waals surface area contributed by atoms with Crippen LogP contribution in [-0.2, 0) is 13.0 Å². The molecule has 0 spiro atoms. The minimum atomic E-state index is -0.556. The zero-order valence-electron chi connectivity index (χ0n) is 17.0. The van der Waals surface area contributed by atoms with Crippen LogP contribution in [0.2, 0.25) is 0 Å². The van der Waals surface area contributed by atoms with Crippen molar-refractivity contribution in [2.75, 3.05) is 13.1 Å². The summed E-state index contributed by atoms with van der Waals surface area (Å²) in [6.07, 6.45) is 4.75. The van der Waals surface area contributed by atoms with Crippen LogP contribution in [0.1, 0.15) is 39.2 Å². The van der Waals surface area contributed by atoms with E-state index in [9.17, 15) is 9.90 Å². The molecule has 1 aliphatic rings. The number of carbonyl (C=O) groups excluding carboxylic acids is 1. The van der Waals surface area contributed by atoms with Gasteiger partial charge in [-0.15, -0.1) is 0 Å². The number of hydrogen-bond acceptors (Lipinski definition) is 4. The maximum atomic E-state index is 13.0. The van der Waals surface area contributed by atoms with Crippen LogP contribution < -0.4 is 5.73 Å². The highest BCUT2D eigenvalue weighted by Gasteiger charge is 2.31. The first-order valence-corrected chi connectivity index (χ1v) is 10.2. The molecule has 6 heteroatoms. The SMILES string of the molecule is Cc1cc(C)c2nc(C(=O)N3CCC(Cc4ccccc4CN)C(O)C3)cn2c1. The Morgan fingerprint density at radius 3 is 2.72 bits per heavy atom. The minimum Gasteiger partial charge on any atom is -0.391 e. The molecule has 2 atom stereocenters. The van der Waals surface area contributed by atoms with E-state index in [4.69, 9.17) is 5.73 Å². The summed E-state index contributed by atoms with van der Waals surface area (Å²) in [6, 6.07) is 10.2. The largest absolute Gasteiger partial charge is 0.391 e. The topological polar surface area (TPSA) is 83.9 Å². The van der Waals surface area contributed by atoms with Crippen molar-refractivity contribution in [3.63, 3.8) is 0 Å². The van der Waals surface area contributed by atoms with Crippen LogP contribution in [0.15, 0.2) is 42.7 Å². The van der Waals surface area contributed by atoms with Crippen molar-refractivity contribution in [2.24, 2.45) is 11.7 Å². The summed E-state index contributed by atoms with van der Waals surface area (Å²) >= 11 is 0. The zero-order chi connectivity index (χ0) is 20.5. The molecule has 3 N–H and O–H groups in total. The number of β-amino-alcohol motifs (C(OH)–C–C–N with tert-alkyl or cyclic N) is 1. The number of rotatable bonds is 4. The Kier molecular flexibility index (Phi) is 5.39. The predicted octanol–water partition coefficient (Wildman–Crippen LogP) is 2.48. The average molecular weight is 393 g/mol. The van der Waals surface area contributed by atoms with Gasteiger partial charge in [0, 0.05) is 32.0 Å². The summed E-state index contributed by atoms with van der Waals surface area (Å²) in [5, 5.41) is 10.7. The predicted molar refractivity (Wildman–Crippen MR) is 113 cm³/mol. The van der Waals surface area contributed by atoms with Crippen molar-refractivity contribution in [2.45, 2.75) is 39.3 Å². The van der Waals surface area contributed by atoms with Gasteiger partial charge in [0.25, 0.3) is 5.91 Å². The first-order chi connectivity index (χ1) is 14.0. The molecule has 1 saturated heterocycles. The zero-order valence-corrected chi connectivity index (χ0v) is 17.0. The van der Waals surface area contributed by atoms with Crippen molar-refractivity contribution in [3.05, 3.63) is 70.7 Å². The van der Waals surface area contributed by atoms with Gasteiger partial charge in [-0.3, -0.25) is 4.79 Å². The Balaban J connectivity index is 1.47. The normalized spacial score (nSPS) is 19.7. The van der Waals surface area contributed by atoms with Gasteiger partial charge in [0.2, 0.25) is 0 Å². The number of piperidine rings is 1. The Hall–Kier alpha value is -2.70. The molecule has 1 aromatic carbocycles. The van der Waals surface area contributed by atoms with Crippen LogP contribution in [-0.4, -0.2) is 44.5 Å². The minimum absolute atomic E-state index is 0.120. The van der Waals surface area contributed by atoms with Gasteiger partial charge in [0.05, 0.1) is 6.10 Å². The number of aliphatic hydroxyl groups excluding tert-OH is 1. The molecule has 0 aliphatic carbocycles. The number of imidazole rings is 1. The standard InChI is InChI=1S/C23H28N4O2/c1-15-9-16(2)22-25-20(13-27(22)12-15)23(29)26-8-7-18(21(28)14-26)10-17-5-3-4-6-19(17)11-24/h3-6,9,12-13,18,21,28H,7-8,10-11,14,24H2,1-2H3. The molecule has 1 amide bonds. The molecule has 0 saturated carbocycles. The fourth-order valence-electron chi connectivity index (χ4n) is 4.35. The van der Waals surface area contributed by atoms with Crippen molar-refractivity contribution in [1.29, 1.82) is 0 Å². The maximum absolute atomic E-state index is 13.0. The number of nitrogens with two attached hydrogens (primary N) is 1. The van der Waals surface area contributed by atoms with Crippen LogP contribution in [0.4, 0.5) is 0 Å². The van der Waals surface area contributed by atoms with Gasteiger partial charge in [-0.05, 0) is 54.9 Å². The molecular weight excluding hydrogens is 364 g/mol. The van der Waals surface area contributed by atoms with Crippen LogP contribution in [0.25, 0.3) is 5.65 Å². The van der Waals surface area contributed by atoms with Crippen LogP contribution in [0, 0.1) is 19.8 Å². The lowest BCUT2D eigenvalue weighted by atomic mass is 9.86. The molecule has 152 valence electrons. The molecule has 0 bridgehead atoms. The van der Waals surface area contributed by atoms with Gasteiger partial charge in [0.1, 0.15) is 11.3 Å². The first kappa shape index (κ1) is 19.6. The molecule has 4 rings (SSSR count). The number of carbonyl (C=O) groups is 1. The average Bonchev–Trinajstić information content (AvgIpc) is 3.13. The third kappa shape index (κ3) is 3.91. The number of nitrogens with zero attached hydrogens (tertiary/aromatic N) is 3. The summed E-state index contributed by atoms with van der Waals surface area (Å²) in [5.74, 6) is 0.00308. The Bertz CT molecular complexity index is 1040. The van der Waals surface area contributed by atoms with E-state index in [2.05, 4.69) is 17.1 Å². The van der Waals surface area contributed by atoms with Crippen molar-refractivity contribution < 1.29 is 9.90 Å². The summed E-state index contributed by atoms with van der Waals surface area (Å²) in [6.45, 7) is 5.48. The van der Waals surface area contributed by atoms with Crippen molar-refractivity contribution >= 4 is 11.6 Å². The van der Waals surface area contributed by atoms with Gasteiger partial charge >= 0.3 is 0 Å². The third-order valence-corrected chi connectivity index (χ3v) is 5.92. The molecule has 29 heavy (non-hydrogen) atoms. The lowest BCUT2D eigenvalue weighted by molar-refractivity contribution is 0.0194. The second kappa shape index (κ2) is 7.97. The van der Waals surface area contributed by atoms with Crippen LogP contribution in [0.3, 0.4) is 0 Å². The molecule has 1 fully saturated rings. The van der Waals surface area contributed by atoms with Crippen molar-refractivity contribution in [1.82, 2.24) is 14.3 Å². The highest BCUT2D eigenvalue weighted by Crippen LogP contribution is 2.25. The van der Waals surface area contributed by atoms with E-state index in [1.54, 1.807) is 11.1 Å². The number of hydrogen-bond donors (Lipinski definition) is 2. The van der Waals surface area contributed by atoms with Crippen LogP contribution >= 0.6 is 0 Å². The quantitative estimate of drug-likeness (QED) is 0.714. The summed E-state index contributed by atoms with van der Waals surface area (Å²) < 4.78 is 1.91. The number of aliphatic hydroxyl groups is 1. The molecular formula is C23H28N4O2. The summed E-state index contributed by atoms with van der Waals surface area (Å²) in [4.78, 5) is 19.3. The second-order valence-corrected chi connectivity index (χ2v) is 8.10. The second-order valence-electron chi connectivity index (χ2n) is 8.10. The van der Waals surface area contributed by atoms with Gasteiger partial charge in [-0.2, -0.15) is 0 Å². The number of fused-ring (bicyclic) bond motifs is 1. The molecule has 2 unspecified atom stereocenters. The van der Waals surface area contributed by atoms with E-state index in [-0.39, 0.29) is 11.8 Å². The van der Waals surface area contributed by atoms with Crippen molar-refractivity contribution in [3.8, 4) is 0 Å². The summed E-state index contributed by atoms with van der Waals surface area (Å²) in [5.41, 5.74) is 11.5. The molecule has 3 aromatic rings. The number of amides is 1. The van der Waals surface area contributed by atoms with E-state index < -0.39 is 6.10 Å². The fraction of sp³-hybridized carbons (Fsp3) is 0.391. The van der Waals surface area contributed by atoms with Gasteiger partial charge in [-0.1, -0.05) is 30.3 Å². The molecule has 0 radical (unpaired) electrons. The molecule has 3 heterocycles. The molecule has 6 nitrogen and oxygen atoms in total. The molecule has 2 aromatic heterocycles. The Labute approximate surface area is 171 Å². The number of benzene rings is 1. The number of aromatic nitrogens is 2. The van der Waals surface area contributed by atoms with Gasteiger partial charge in [-0.25, -0.2) is 4.98 Å². The van der Waals surface area contributed by atoms with Gasteiger partial charge in [0.15, 0.2) is 0 Å². The Morgan fingerprint density at radius 2 is 2.00 bits per heavy atom. The van der Waals surface area contributed by atoms with E-state index >= 15 is 0 Å². The first-order valence-electron chi connectivity index (χ1n) is 10.2. The number of aryl methyl sites for hydroxylation is 2. The van der Waals surface area contributed by atoms with E-state index in [0.717, 1.165) is 35.2 Å². The third-order valence-electron chi connectivity index (χ3n) is 5.92. The number of likely N-dealkylation sites (tertiary alicyclic amines) is 1. The van der Waals surface area contributed by atoms with Gasteiger partial charge < -0.3 is 20.1 Å². The number of pyridine rings is 1. The summed E-state index contributed by atoms with van der Waals surface area (Å²) in [7, 11) is 0. The monoisotopic (exact) mass is 392 g/mol. The highest BCUT2D eigenvalue weighted by molar-refractivity contribution is 5.93. The fourth-order valence-corrected chi connectivity index (χ4v) is 4.35. The lowest BCUT2D eigenvalue weighted by Gasteiger charge is -2.36. The molecule has 1 aliphatic heterocycles. The van der Waals surface area contributed by atoms with E-state index in [1.165, 1.54) is 5.56 Å². The highest BCUT2D eigenvalue weighted by atomic mass is 16.3. The van der Waals surface area contributed by atoms with E-state index in [0.29, 0.717) is 25.3 Å². The Morgan fingerprint density at radius 1 is 1.24 bits per heavy atom. The smallest absolute Gasteiger partial charge is 0.274 e. The van der Waals surface area contributed by atoms with E-state index in [1.807, 2.05) is 42.6 Å². The maximum Gasteiger partial charge on any atom is 0.274 e.